The zero-order chi connectivity index (χ0) is 22.6. The van der Waals surface area contributed by atoms with Crippen LogP contribution in [-0.2, 0) is 16.1 Å². The highest BCUT2D eigenvalue weighted by Crippen LogP contribution is 2.26. The summed E-state index contributed by atoms with van der Waals surface area (Å²) in [6.07, 6.45) is 1.87. The van der Waals surface area contributed by atoms with E-state index in [2.05, 4.69) is 12.2 Å². The lowest BCUT2D eigenvalue weighted by molar-refractivity contribution is -0.142. The third-order valence-electron chi connectivity index (χ3n) is 4.93. The zero-order valence-electron chi connectivity index (χ0n) is 18.7. The molecule has 0 radical (unpaired) electrons. The number of carbonyl (C=O) groups is 2. The summed E-state index contributed by atoms with van der Waals surface area (Å²) in [4.78, 5) is 27.2. The molecule has 7 heteroatoms. The maximum Gasteiger partial charge on any atom is 0.261 e. The lowest BCUT2D eigenvalue weighted by atomic mass is 10.1. The Morgan fingerprint density at radius 3 is 2.29 bits per heavy atom. The molecule has 1 N–H and O–H groups in total. The van der Waals surface area contributed by atoms with E-state index < -0.39 is 6.04 Å². The number of hydrogen-bond donors (Lipinski definition) is 1. The number of methoxy groups -OCH3 is 2. The van der Waals surface area contributed by atoms with E-state index in [9.17, 15) is 9.59 Å². The summed E-state index contributed by atoms with van der Waals surface area (Å²) in [5.41, 5.74) is 0.889. The number of ether oxygens (including phenoxy) is 3. The normalized spacial score (nSPS) is 11.4. The monoisotopic (exact) mass is 428 g/mol. The SMILES string of the molecule is CCCCNC(=O)C(C)N(Cc1ccc(OC)cc1)C(=O)COc1ccccc1OC. The van der Waals surface area contributed by atoms with Crippen molar-refractivity contribution in [2.75, 3.05) is 27.4 Å². The second-order valence-corrected chi connectivity index (χ2v) is 7.13. The molecule has 0 saturated carbocycles. The van der Waals surface area contributed by atoms with Crippen molar-refractivity contribution in [1.82, 2.24) is 10.2 Å². The van der Waals surface area contributed by atoms with E-state index in [4.69, 9.17) is 14.2 Å². The van der Waals surface area contributed by atoms with E-state index in [1.54, 1.807) is 39.3 Å². The van der Waals surface area contributed by atoms with Gasteiger partial charge in [-0.1, -0.05) is 37.6 Å². The summed E-state index contributed by atoms with van der Waals surface area (Å²) in [5, 5.41) is 2.90. The largest absolute Gasteiger partial charge is 0.497 e. The van der Waals surface area contributed by atoms with Crippen molar-refractivity contribution in [3.05, 3.63) is 54.1 Å². The topological polar surface area (TPSA) is 77.1 Å². The van der Waals surface area contributed by atoms with Crippen molar-refractivity contribution in [3.63, 3.8) is 0 Å². The van der Waals surface area contributed by atoms with Gasteiger partial charge >= 0.3 is 0 Å². The first-order valence-electron chi connectivity index (χ1n) is 10.5. The standard InChI is InChI=1S/C24H32N2O5/c1-5-6-15-25-24(28)18(2)26(16-19-11-13-20(29-3)14-12-19)23(27)17-31-22-10-8-7-9-21(22)30-4/h7-14,18H,5-6,15-17H2,1-4H3,(H,25,28). The summed E-state index contributed by atoms with van der Waals surface area (Å²) < 4.78 is 16.2. The van der Waals surface area contributed by atoms with Gasteiger partial charge in [0.2, 0.25) is 5.91 Å². The van der Waals surface area contributed by atoms with E-state index >= 15 is 0 Å². The first-order valence-corrected chi connectivity index (χ1v) is 10.5. The van der Waals surface area contributed by atoms with Crippen molar-refractivity contribution >= 4 is 11.8 Å². The molecule has 168 valence electrons. The van der Waals surface area contributed by atoms with Gasteiger partial charge < -0.3 is 24.4 Å². The Morgan fingerprint density at radius 1 is 1.00 bits per heavy atom. The minimum atomic E-state index is -0.646. The highest BCUT2D eigenvalue weighted by molar-refractivity contribution is 5.88. The van der Waals surface area contributed by atoms with Gasteiger partial charge in [0.15, 0.2) is 18.1 Å². The summed E-state index contributed by atoms with van der Waals surface area (Å²) in [7, 11) is 3.14. The predicted molar refractivity (Wildman–Crippen MR) is 119 cm³/mol. The van der Waals surface area contributed by atoms with E-state index in [-0.39, 0.29) is 25.0 Å². The van der Waals surface area contributed by atoms with E-state index in [1.165, 1.54) is 4.90 Å². The Bertz CT molecular complexity index is 838. The second-order valence-electron chi connectivity index (χ2n) is 7.13. The fourth-order valence-electron chi connectivity index (χ4n) is 3.01. The molecule has 2 amide bonds. The molecule has 2 rings (SSSR count). The summed E-state index contributed by atoms with van der Waals surface area (Å²) >= 11 is 0. The number of para-hydroxylation sites is 2. The van der Waals surface area contributed by atoms with Crippen molar-refractivity contribution in [2.24, 2.45) is 0 Å². The van der Waals surface area contributed by atoms with Gasteiger partial charge in [0.05, 0.1) is 14.2 Å². The van der Waals surface area contributed by atoms with Crippen LogP contribution in [0.5, 0.6) is 17.2 Å². The minimum absolute atomic E-state index is 0.187. The van der Waals surface area contributed by atoms with Gasteiger partial charge in [-0.3, -0.25) is 9.59 Å². The maximum atomic E-state index is 13.1. The predicted octanol–water partition coefficient (Wildman–Crippen LogP) is 3.42. The molecule has 0 aliphatic rings. The Morgan fingerprint density at radius 2 is 1.68 bits per heavy atom. The molecule has 2 aromatic carbocycles. The van der Waals surface area contributed by atoms with Crippen LogP contribution in [0.1, 0.15) is 32.3 Å². The van der Waals surface area contributed by atoms with Crippen LogP contribution in [-0.4, -0.2) is 50.1 Å². The fraction of sp³-hybridized carbons (Fsp3) is 0.417. The minimum Gasteiger partial charge on any atom is -0.497 e. The van der Waals surface area contributed by atoms with Crippen LogP contribution in [0.25, 0.3) is 0 Å². The molecule has 0 spiro atoms. The highest BCUT2D eigenvalue weighted by Gasteiger charge is 2.26. The smallest absolute Gasteiger partial charge is 0.261 e. The van der Waals surface area contributed by atoms with Gasteiger partial charge in [-0.25, -0.2) is 0 Å². The first kappa shape index (κ1) is 24.1. The Labute approximate surface area is 184 Å². The van der Waals surface area contributed by atoms with Crippen LogP contribution < -0.4 is 19.5 Å². The van der Waals surface area contributed by atoms with E-state index in [0.29, 0.717) is 18.0 Å². The van der Waals surface area contributed by atoms with Gasteiger partial charge in [-0.15, -0.1) is 0 Å². The van der Waals surface area contributed by atoms with Gasteiger partial charge in [-0.2, -0.15) is 0 Å². The lowest BCUT2D eigenvalue weighted by Gasteiger charge is -2.29. The third kappa shape index (κ3) is 7.20. The van der Waals surface area contributed by atoms with Crippen LogP contribution in [0.4, 0.5) is 0 Å². The average molecular weight is 429 g/mol. The number of benzene rings is 2. The van der Waals surface area contributed by atoms with Crippen molar-refractivity contribution < 1.29 is 23.8 Å². The maximum absolute atomic E-state index is 13.1. The van der Waals surface area contributed by atoms with Crippen LogP contribution in [0.2, 0.25) is 0 Å². The number of nitrogens with one attached hydrogen (secondary N) is 1. The van der Waals surface area contributed by atoms with Crippen LogP contribution >= 0.6 is 0 Å². The molecule has 0 bridgehead atoms. The fourth-order valence-corrected chi connectivity index (χ4v) is 3.01. The molecule has 0 aliphatic carbocycles. The van der Waals surface area contributed by atoms with Gasteiger partial charge in [0, 0.05) is 13.1 Å². The molecule has 2 aromatic rings. The van der Waals surface area contributed by atoms with Crippen LogP contribution in [0.15, 0.2) is 48.5 Å². The number of nitrogens with zero attached hydrogens (tertiary/aromatic N) is 1. The summed E-state index contributed by atoms with van der Waals surface area (Å²) in [6.45, 7) is 4.45. The van der Waals surface area contributed by atoms with Crippen molar-refractivity contribution in [1.29, 1.82) is 0 Å². The first-order chi connectivity index (χ1) is 15.0. The Hall–Kier alpha value is -3.22. The third-order valence-corrected chi connectivity index (χ3v) is 4.93. The van der Waals surface area contributed by atoms with E-state index in [0.717, 1.165) is 24.2 Å². The van der Waals surface area contributed by atoms with Gasteiger partial charge in [0.25, 0.3) is 5.91 Å². The molecule has 1 unspecified atom stereocenters. The van der Waals surface area contributed by atoms with Crippen LogP contribution in [0, 0.1) is 0 Å². The van der Waals surface area contributed by atoms with Gasteiger partial charge in [0.1, 0.15) is 11.8 Å². The lowest BCUT2D eigenvalue weighted by Crippen LogP contribution is -2.49. The molecule has 0 aromatic heterocycles. The molecule has 0 heterocycles. The van der Waals surface area contributed by atoms with Gasteiger partial charge in [-0.05, 0) is 43.2 Å². The number of carbonyl (C=O) groups excluding carboxylic acids is 2. The van der Waals surface area contributed by atoms with Crippen LogP contribution in [0.3, 0.4) is 0 Å². The number of hydrogen-bond acceptors (Lipinski definition) is 5. The molecule has 7 nitrogen and oxygen atoms in total. The molecule has 1 atom stereocenters. The average Bonchev–Trinajstić information content (AvgIpc) is 2.81. The molecular weight excluding hydrogens is 396 g/mol. The molecule has 0 aliphatic heterocycles. The molecule has 0 fully saturated rings. The van der Waals surface area contributed by atoms with Crippen molar-refractivity contribution in [3.8, 4) is 17.2 Å². The quantitative estimate of drug-likeness (QED) is 0.524. The molecular formula is C24H32N2O5. The summed E-state index contributed by atoms with van der Waals surface area (Å²) in [6, 6.07) is 13.9. The molecule has 0 saturated heterocycles. The Kier molecular flexibility index (Phi) is 9.68. The van der Waals surface area contributed by atoms with E-state index in [1.807, 2.05) is 30.3 Å². The number of rotatable bonds is 12. The highest BCUT2D eigenvalue weighted by atomic mass is 16.5. The summed E-state index contributed by atoms with van der Waals surface area (Å²) in [5.74, 6) is 1.27. The second kappa shape index (κ2) is 12.5. The Balaban J connectivity index is 2.14. The zero-order valence-corrected chi connectivity index (χ0v) is 18.7. The number of unbranched alkanes of at least 4 members (excludes halogenated alkanes) is 1. The molecule has 31 heavy (non-hydrogen) atoms. The van der Waals surface area contributed by atoms with Crippen molar-refractivity contribution in [2.45, 2.75) is 39.3 Å². The number of amides is 2.